The normalized spacial score (nSPS) is 31.5. The Morgan fingerprint density at radius 2 is 2.15 bits per heavy atom. The van der Waals surface area contributed by atoms with E-state index in [1.807, 2.05) is 0 Å². The monoisotopic (exact) mass is 180 g/mol. The van der Waals surface area contributed by atoms with Crippen LogP contribution in [0.25, 0.3) is 0 Å². The van der Waals surface area contributed by atoms with E-state index in [1.165, 1.54) is 51.9 Å². The van der Waals surface area contributed by atoms with Crippen molar-refractivity contribution in [2.45, 2.75) is 31.7 Å². The second-order valence-electron chi connectivity index (χ2n) is 4.07. The van der Waals surface area contributed by atoms with Crippen LogP contribution in [0.1, 0.15) is 25.7 Å². The highest BCUT2D eigenvalue weighted by atomic mass is 15.2. The van der Waals surface area contributed by atoms with Gasteiger partial charge < -0.3 is 5.32 Å². The van der Waals surface area contributed by atoms with E-state index in [2.05, 4.69) is 22.4 Å². The molecule has 2 heteroatoms. The number of hydrogen-bond donors (Lipinski definition) is 1. The molecule has 2 nitrogen and oxygen atoms in total. The van der Waals surface area contributed by atoms with E-state index in [1.54, 1.807) is 0 Å². The van der Waals surface area contributed by atoms with Crippen molar-refractivity contribution in [2.75, 3.05) is 26.2 Å². The summed E-state index contributed by atoms with van der Waals surface area (Å²) in [5.74, 6) is 0. The van der Waals surface area contributed by atoms with Crippen LogP contribution in [-0.4, -0.2) is 37.1 Å². The SMILES string of the molecule is C1=CC(N2CCCNCC2)CCC1. The molecule has 0 aromatic rings. The lowest BCUT2D eigenvalue weighted by Gasteiger charge is -2.29. The molecule has 1 saturated heterocycles. The third-order valence-electron chi connectivity index (χ3n) is 3.07. The molecule has 0 spiro atoms. The molecule has 13 heavy (non-hydrogen) atoms. The van der Waals surface area contributed by atoms with Gasteiger partial charge in [-0.3, -0.25) is 4.90 Å². The Labute approximate surface area is 81.0 Å². The molecule has 0 radical (unpaired) electrons. The van der Waals surface area contributed by atoms with Crippen LogP contribution in [0.5, 0.6) is 0 Å². The van der Waals surface area contributed by atoms with Gasteiger partial charge in [-0.05, 0) is 38.8 Å². The second kappa shape index (κ2) is 4.77. The van der Waals surface area contributed by atoms with Crippen LogP contribution in [-0.2, 0) is 0 Å². The summed E-state index contributed by atoms with van der Waals surface area (Å²) in [5, 5.41) is 3.45. The fourth-order valence-corrected chi connectivity index (χ4v) is 2.30. The molecule has 1 aliphatic heterocycles. The molecule has 0 aromatic carbocycles. The molecule has 1 N–H and O–H groups in total. The van der Waals surface area contributed by atoms with E-state index >= 15 is 0 Å². The molecule has 1 unspecified atom stereocenters. The van der Waals surface area contributed by atoms with Gasteiger partial charge in [-0.2, -0.15) is 0 Å². The first kappa shape index (κ1) is 9.22. The van der Waals surface area contributed by atoms with E-state index in [0.717, 1.165) is 6.04 Å². The van der Waals surface area contributed by atoms with Gasteiger partial charge in [0.1, 0.15) is 0 Å². The average molecular weight is 180 g/mol. The summed E-state index contributed by atoms with van der Waals surface area (Å²) in [7, 11) is 0. The quantitative estimate of drug-likeness (QED) is 0.613. The zero-order valence-electron chi connectivity index (χ0n) is 8.34. The Morgan fingerprint density at radius 1 is 1.15 bits per heavy atom. The van der Waals surface area contributed by atoms with Crippen LogP contribution in [0, 0.1) is 0 Å². The van der Waals surface area contributed by atoms with Crippen LogP contribution < -0.4 is 5.32 Å². The van der Waals surface area contributed by atoms with Crippen molar-refractivity contribution in [2.24, 2.45) is 0 Å². The fraction of sp³-hybridized carbons (Fsp3) is 0.818. The van der Waals surface area contributed by atoms with Gasteiger partial charge in [0.05, 0.1) is 0 Å². The van der Waals surface area contributed by atoms with Gasteiger partial charge in [-0.15, -0.1) is 0 Å². The van der Waals surface area contributed by atoms with E-state index in [0.29, 0.717) is 0 Å². The van der Waals surface area contributed by atoms with Gasteiger partial charge in [-0.1, -0.05) is 12.2 Å². The highest BCUT2D eigenvalue weighted by molar-refractivity contribution is 4.98. The maximum absolute atomic E-state index is 3.45. The van der Waals surface area contributed by atoms with Crippen LogP contribution >= 0.6 is 0 Å². The highest BCUT2D eigenvalue weighted by Crippen LogP contribution is 2.16. The van der Waals surface area contributed by atoms with Crippen LogP contribution in [0.4, 0.5) is 0 Å². The van der Waals surface area contributed by atoms with Crippen molar-refractivity contribution in [3.05, 3.63) is 12.2 Å². The molecule has 1 heterocycles. The van der Waals surface area contributed by atoms with Gasteiger partial charge in [0.25, 0.3) is 0 Å². The third-order valence-corrected chi connectivity index (χ3v) is 3.07. The largest absolute Gasteiger partial charge is 0.315 e. The number of nitrogens with one attached hydrogen (secondary N) is 1. The summed E-state index contributed by atoms with van der Waals surface area (Å²) < 4.78 is 0. The van der Waals surface area contributed by atoms with Crippen LogP contribution in [0.3, 0.4) is 0 Å². The lowest BCUT2D eigenvalue weighted by molar-refractivity contribution is 0.228. The summed E-state index contributed by atoms with van der Waals surface area (Å²) in [5.41, 5.74) is 0. The summed E-state index contributed by atoms with van der Waals surface area (Å²) in [6.07, 6.45) is 10.1. The van der Waals surface area contributed by atoms with Gasteiger partial charge >= 0.3 is 0 Å². The minimum atomic E-state index is 0.744. The molecule has 0 amide bonds. The Kier molecular flexibility index (Phi) is 3.39. The van der Waals surface area contributed by atoms with Gasteiger partial charge in [-0.25, -0.2) is 0 Å². The summed E-state index contributed by atoms with van der Waals surface area (Å²) in [6, 6.07) is 0.744. The third kappa shape index (κ3) is 2.55. The molecule has 74 valence electrons. The second-order valence-corrected chi connectivity index (χ2v) is 4.07. The number of rotatable bonds is 1. The number of allylic oxidation sites excluding steroid dienone is 1. The molecule has 1 aliphatic carbocycles. The van der Waals surface area contributed by atoms with E-state index in [9.17, 15) is 0 Å². The highest BCUT2D eigenvalue weighted by Gasteiger charge is 2.17. The first-order valence-corrected chi connectivity index (χ1v) is 5.58. The maximum atomic E-state index is 3.45. The summed E-state index contributed by atoms with van der Waals surface area (Å²) >= 11 is 0. The minimum Gasteiger partial charge on any atom is -0.315 e. The first-order chi connectivity index (χ1) is 6.47. The summed E-state index contributed by atoms with van der Waals surface area (Å²) in [4.78, 5) is 2.63. The molecule has 2 aliphatic rings. The van der Waals surface area contributed by atoms with Crippen LogP contribution in [0.15, 0.2) is 12.2 Å². The fourth-order valence-electron chi connectivity index (χ4n) is 2.30. The predicted octanol–water partition coefficient (Wildman–Crippen LogP) is 1.39. The number of hydrogen-bond acceptors (Lipinski definition) is 2. The Hall–Kier alpha value is -0.340. The average Bonchev–Trinajstić information content (AvgIpc) is 2.47. The van der Waals surface area contributed by atoms with E-state index < -0.39 is 0 Å². The summed E-state index contributed by atoms with van der Waals surface area (Å²) in [6.45, 7) is 4.88. The van der Waals surface area contributed by atoms with Crippen molar-refractivity contribution < 1.29 is 0 Å². The van der Waals surface area contributed by atoms with Crippen molar-refractivity contribution in [3.8, 4) is 0 Å². The maximum Gasteiger partial charge on any atom is 0.0278 e. The van der Waals surface area contributed by atoms with Crippen molar-refractivity contribution in [1.82, 2.24) is 10.2 Å². The Morgan fingerprint density at radius 3 is 3.00 bits per heavy atom. The van der Waals surface area contributed by atoms with E-state index in [4.69, 9.17) is 0 Å². The smallest absolute Gasteiger partial charge is 0.0278 e. The standard InChI is InChI=1S/C11H20N2/c1-2-5-11(6-3-1)13-9-4-7-12-8-10-13/h2,5,11-12H,1,3-4,6-10H2. The van der Waals surface area contributed by atoms with Gasteiger partial charge in [0.15, 0.2) is 0 Å². The van der Waals surface area contributed by atoms with Crippen molar-refractivity contribution in [3.63, 3.8) is 0 Å². The number of nitrogens with zero attached hydrogens (tertiary/aromatic N) is 1. The molecule has 1 fully saturated rings. The molecule has 0 aromatic heterocycles. The van der Waals surface area contributed by atoms with Crippen molar-refractivity contribution in [1.29, 1.82) is 0 Å². The topological polar surface area (TPSA) is 15.3 Å². The van der Waals surface area contributed by atoms with E-state index in [-0.39, 0.29) is 0 Å². The van der Waals surface area contributed by atoms with Crippen LogP contribution in [0.2, 0.25) is 0 Å². The minimum absolute atomic E-state index is 0.744. The zero-order valence-corrected chi connectivity index (χ0v) is 8.34. The van der Waals surface area contributed by atoms with Crippen molar-refractivity contribution >= 4 is 0 Å². The molecule has 1 atom stereocenters. The molecular weight excluding hydrogens is 160 g/mol. The molecule has 2 rings (SSSR count). The lowest BCUT2D eigenvalue weighted by atomic mass is 10.0. The van der Waals surface area contributed by atoms with Gasteiger partial charge in [0.2, 0.25) is 0 Å². The molecular formula is C11H20N2. The molecule has 0 saturated carbocycles. The van der Waals surface area contributed by atoms with Gasteiger partial charge in [0, 0.05) is 19.1 Å². The Bertz CT molecular complexity index is 169. The first-order valence-electron chi connectivity index (χ1n) is 5.58. The Balaban J connectivity index is 1.89. The zero-order chi connectivity index (χ0) is 8.93. The lowest BCUT2D eigenvalue weighted by Crippen LogP contribution is -2.37. The molecule has 0 bridgehead atoms. The predicted molar refractivity (Wildman–Crippen MR) is 55.8 cm³/mol.